The van der Waals surface area contributed by atoms with Crippen LogP contribution in [0.5, 0.6) is 0 Å². The van der Waals surface area contributed by atoms with E-state index in [-0.39, 0.29) is 16.5 Å². The molecule has 4 rings (SSSR count). The molecule has 1 aliphatic heterocycles. The largest absolute Gasteiger partial charge is 0.335 e. The van der Waals surface area contributed by atoms with Crippen LogP contribution < -0.4 is 5.32 Å². The maximum absolute atomic E-state index is 14.6. The Bertz CT molecular complexity index is 1220. The zero-order chi connectivity index (χ0) is 21.3. The SMILES string of the molecule is CC1=NSC(NC(=O)C(=O)c2cc(Cc3ccc(C#N)cc3)n3cccc(F)c23)C1. The number of amides is 1. The third-order valence-corrected chi connectivity index (χ3v) is 5.80. The van der Waals surface area contributed by atoms with Crippen molar-refractivity contribution in [2.75, 3.05) is 0 Å². The van der Waals surface area contributed by atoms with E-state index in [9.17, 15) is 14.0 Å². The van der Waals surface area contributed by atoms with Crippen LogP contribution >= 0.6 is 11.9 Å². The fourth-order valence-electron chi connectivity index (χ4n) is 3.41. The first-order valence-corrected chi connectivity index (χ1v) is 10.1. The maximum Gasteiger partial charge on any atom is 0.293 e. The van der Waals surface area contributed by atoms with Crippen LogP contribution in [0.3, 0.4) is 0 Å². The Kier molecular flexibility index (Phi) is 5.38. The Balaban J connectivity index is 1.65. The van der Waals surface area contributed by atoms with Crippen molar-refractivity contribution in [3.8, 4) is 6.07 Å². The van der Waals surface area contributed by atoms with Gasteiger partial charge in [-0.05, 0) is 54.8 Å². The fraction of sp³-hybridized carbons (Fsp3) is 0.182. The number of halogens is 1. The van der Waals surface area contributed by atoms with E-state index in [4.69, 9.17) is 5.26 Å². The van der Waals surface area contributed by atoms with Crippen molar-refractivity contribution in [3.63, 3.8) is 0 Å². The van der Waals surface area contributed by atoms with Gasteiger partial charge in [-0.3, -0.25) is 9.59 Å². The molecule has 1 aromatic carbocycles. The molecule has 0 spiro atoms. The van der Waals surface area contributed by atoms with Crippen LogP contribution in [-0.2, 0) is 11.2 Å². The van der Waals surface area contributed by atoms with Crippen molar-refractivity contribution < 1.29 is 14.0 Å². The summed E-state index contributed by atoms with van der Waals surface area (Å²) in [4.78, 5) is 25.4. The molecule has 1 unspecified atom stereocenters. The molecule has 0 bridgehead atoms. The summed E-state index contributed by atoms with van der Waals surface area (Å²) >= 11 is 1.21. The summed E-state index contributed by atoms with van der Waals surface area (Å²) in [5, 5.41) is 11.3. The summed E-state index contributed by atoms with van der Waals surface area (Å²) in [6, 6.07) is 13.5. The van der Waals surface area contributed by atoms with Gasteiger partial charge in [-0.15, -0.1) is 0 Å². The van der Waals surface area contributed by atoms with Gasteiger partial charge >= 0.3 is 0 Å². The number of hydrogen-bond acceptors (Lipinski definition) is 5. The molecule has 0 saturated carbocycles. The summed E-state index contributed by atoms with van der Waals surface area (Å²) in [7, 11) is 0. The second-order valence-electron chi connectivity index (χ2n) is 7.04. The van der Waals surface area contributed by atoms with E-state index < -0.39 is 17.5 Å². The predicted octanol–water partition coefficient (Wildman–Crippen LogP) is 3.68. The first kappa shape index (κ1) is 19.9. The lowest BCUT2D eigenvalue weighted by molar-refractivity contribution is -0.117. The molecule has 150 valence electrons. The first-order chi connectivity index (χ1) is 14.5. The number of rotatable bonds is 5. The van der Waals surface area contributed by atoms with E-state index in [1.54, 1.807) is 34.9 Å². The molecule has 0 fully saturated rings. The standard InChI is InChI=1S/C22H17FN4O2S/c1-13-9-19(30-26-13)25-22(29)21(28)17-11-16(27-8-2-3-18(23)20(17)27)10-14-4-6-15(12-24)7-5-14/h2-8,11,19H,9-10H2,1H3,(H,25,29). The Morgan fingerprint density at radius 3 is 2.77 bits per heavy atom. The molecule has 1 atom stereocenters. The minimum atomic E-state index is -0.783. The molecular formula is C22H17FN4O2S. The maximum atomic E-state index is 14.6. The first-order valence-electron chi connectivity index (χ1n) is 9.28. The number of benzene rings is 1. The quantitative estimate of drug-likeness (QED) is 0.388. The number of ketones is 1. The Labute approximate surface area is 176 Å². The molecular weight excluding hydrogens is 403 g/mol. The minimum Gasteiger partial charge on any atom is -0.335 e. The van der Waals surface area contributed by atoms with Crippen molar-refractivity contribution in [1.82, 2.24) is 9.72 Å². The van der Waals surface area contributed by atoms with Crippen LogP contribution in [0.1, 0.15) is 40.5 Å². The second kappa shape index (κ2) is 8.13. The van der Waals surface area contributed by atoms with Gasteiger partial charge in [0, 0.05) is 30.4 Å². The van der Waals surface area contributed by atoms with Gasteiger partial charge in [0.15, 0.2) is 0 Å². The van der Waals surface area contributed by atoms with Gasteiger partial charge in [0.25, 0.3) is 11.7 Å². The molecule has 3 aromatic rings. The molecule has 3 heterocycles. The number of carbonyl (C=O) groups excluding carboxylic acids is 2. The molecule has 2 aromatic heterocycles. The Morgan fingerprint density at radius 2 is 2.10 bits per heavy atom. The van der Waals surface area contributed by atoms with Gasteiger partial charge in [-0.25, -0.2) is 8.79 Å². The predicted molar refractivity (Wildman–Crippen MR) is 113 cm³/mol. The Morgan fingerprint density at radius 1 is 1.33 bits per heavy atom. The zero-order valence-corrected chi connectivity index (χ0v) is 16.9. The summed E-state index contributed by atoms with van der Waals surface area (Å²) < 4.78 is 20.4. The van der Waals surface area contributed by atoms with Crippen molar-refractivity contribution in [3.05, 3.63) is 76.9 Å². The van der Waals surface area contributed by atoms with Gasteiger partial charge < -0.3 is 9.72 Å². The van der Waals surface area contributed by atoms with Gasteiger partial charge in [0.2, 0.25) is 0 Å². The average molecular weight is 420 g/mol. The van der Waals surface area contributed by atoms with Gasteiger partial charge in [0.05, 0.1) is 22.7 Å². The monoisotopic (exact) mass is 420 g/mol. The number of nitrogens with one attached hydrogen (secondary N) is 1. The number of aromatic nitrogens is 1. The van der Waals surface area contributed by atoms with E-state index >= 15 is 0 Å². The summed E-state index contributed by atoms with van der Waals surface area (Å²) in [5.74, 6) is -2.14. The Hall–Kier alpha value is -3.44. The van der Waals surface area contributed by atoms with E-state index in [2.05, 4.69) is 15.8 Å². The summed E-state index contributed by atoms with van der Waals surface area (Å²) in [6.07, 6.45) is 2.64. The number of carbonyl (C=O) groups is 2. The van der Waals surface area contributed by atoms with Crippen molar-refractivity contribution in [2.45, 2.75) is 25.1 Å². The lowest BCUT2D eigenvalue weighted by Gasteiger charge is -2.09. The van der Waals surface area contributed by atoms with E-state index in [0.717, 1.165) is 11.3 Å². The highest BCUT2D eigenvalue weighted by Crippen LogP contribution is 2.25. The lowest BCUT2D eigenvalue weighted by atomic mass is 10.1. The van der Waals surface area contributed by atoms with E-state index in [0.29, 0.717) is 24.1 Å². The van der Waals surface area contributed by atoms with Crippen LogP contribution in [-0.4, -0.2) is 27.2 Å². The highest BCUT2D eigenvalue weighted by molar-refractivity contribution is 7.99. The topological polar surface area (TPSA) is 86.7 Å². The zero-order valence-electron chi connectivity index (χ0n) is 16.1. The summed E-state index contributed by atoms with van der Waals surface area (Å²) in [5.41, 5.74) is 3.10. The number of nitrogens with zero attached hydrogens (tertiary/aromatic N) is 3. The number of Topliss-reactive ketones (excluding diaryl/α,β-unsaturated/α-hetero) is 1. The second-order valence-corrected chi connectivity index (χ2v) is 8.00. The minimum absolute atomic E-state index is 0.0230. The molecule has 0 aliphatic carbocycles. The number of hydrogen-bond donors (Lipinski definition) is 1. The molecule has 0 radical (unpaired) electrons. The average Bonchev–Trinajstić information content (AvgIpc) is 3.32. The molecule has 0 saturated heterocycles. The van der Waals surface area contributed by atoms with Crippen LogP contribution in [0.4, 0.5) is 4.39 Å². The van der Waals surface area contributed by atoms with E-state index in [1.807, 2.05) is 19.1 Å². The van der Waals surface area contributed by atoms with Crippen LogP contribution in [0.2, 0.25) is 0 Å². The lowest BCUT2D eigenvalue weighted by Crippen LogP contribution is -2.37. The van der Waals surface area contributed by atoms with Crippen LogP contribution in [0.15, 0.2) is 53.1 Å². The molecule has 8 heteroatoms. The van der Waals surface area contributed by atoms with Crippen molar-refractivity contribution >= 4 is 34.9 Å². The van der Waals surface area contributed by atoms with Gasteiger partial charge in [-0.1, -0.05) is 12.1 Å². The fourth-order valence-corrected chi connectivity index (χ4v) is 4.27. The third kappa shape index (κ3) is 3.84. The number of nitriles is 1. The van der Waals surface area contributed by atoms with Gasteiger partial charge in [-0.2, -0.15) is 5.26 Å². The molecule has 30 heavy (non-hydrogen) atoms. The smallest absolute Gasteiger partial charge is 0.293 e. The number of pyridine rings is 1. The molecule has 1 aliphatic rings. The number of fused-ring (bicyclic) bond motifs is 1. The highest BCUT2D eigenvalue weighted by Gasteiger charge is 2.27. The van der Waals surface area contributed by atoms with Gasteiger partial charge in [0.1, 0.15) is 11.2 Å². The molecule has 1 amide bonds. The van der Waals surface area contributed by atoms with Crippen molar-refractivity contribution in [1.29, 1.82) is 5.26 Å². The molecule has 1 N–H and O–H groups in total. The van der Waals surface area contributed by atoms with Crippen molar-refractivity contribution in [2.24, 2.45) is 4.40 Å². The van der Waals surface area contributed by atoms with Crippen LogP contribution in [0.25, 0.3) is 5.52 Å². The highest BCUT2D eigenvalue weighted by atomic mass is 32.2. The molecule has 6 nitrogen and oxygen atoms in total. The summed E-state index contributed by atoms with van der Waals surface area (Å²) in [6.45, 7) is 1.85. The van der Waals surface area contributed by atoms with E-state index in [1.165, 1.54) is 18.0 Å². The van der Waals surface area contributed by atoms with Crippen LogP contribution in [0, 0.1) is 17.1 Å². The third-order valence-electron chi connectivity index (χ3n) is 4.85. The normalized spacial score (nSPS) is 15.6.